The summed E-state index contributed by atoms with van der Waals surface area (Å²) in [5.74, 6) is -1.48. The molecular weight excluding hydrogens is 333 g/mol. The van der Waals surface area contributed by atoms with Gasteiger partial charge in [-0.2, -0.15) is 0 Å². The largest absolute Gasteiger partial charge is 0.366 e. The maximum atomic E-state index is 14.1. The van der Waals surface area contributed by atoms with Crippen molar-refractivity contribution in [3.8, 4) is 0 Å². The summed E-state index contributed by atoms with van der Waals surface area (Å²) in [7, 11) is 0. The van der Waals surface area contributed by atoms with Crippen LogP contribution in [-0.2, 0) is 5.54 Å². The summed E-state index contributed by atoms with van der Waals surface area (Å²) in [5.41, 5.74) is 5.61. The van der Waals surface area contributed by atoms with E-state index in [1.54, 1.807) is 0 Å². The molecular formula is C20H26FN3O2. The van der Waals surface area contributed by atoms with Crippen LogP contribution in [0.3, 0.4) is 0 Å². The van der Waals surface area contributed by atoms with Crippen molar-refractivity contribution in [2.75, 3.05) is 13.1 Å². The Balaban J connectivity index is 1.63. The number of carbonyl (C=O) groups is 2. The predicted molar refractivity (Wildman–Crippen MR) is 96.3 cm³/mol. The molecule has 3 aliphatic rings. The lowest BCUT2D eigenvalue weighted by molar-refractivity contribution is 0.0182. The second-order valence-electron chi connectivity index (χ2n) is 8.33. The summed E-state index contributed by atoms with van der Waals surface area (Å²) in [6.07, 6.45) is 5.71. The molecule has 2 amide bonds. The summed E-state index contributed by atoms with van der Waals surface area (Å²) in [6, 6.07) is 3.28. The number of benzene rings is 1. The fourth-order valence-corrected chi connectivity index (χ4v) is 4.90. The number of amides is 2. The first-order valence-corrected chi connectivity index (χ1v) is 9.52. The average molecular weight is 359 g/mol. The molecule has 0 aromatic heterocycles. The van der Waals surface area contributed by atoms with Crippen LogP contribution in [0.25, 0.3) is 0 Å². The van der Waals surface area contributed by atoms with Gasteiger partial charge >= 0.3 is 0 Å². The Morgan fingerprint density at radius 1 is 1.15 bits per heavy atom. The Bertz CT molecular complexity index is 765. The topological polar surface area (TPSA) is 66.6 Å². The van der Waals surface area contributed by atoms with Crippen molar-refractivity contribution in [3.63, 3.8) is 0 Å². The molecule has 0 unspecified atom stereocenters. The SMILES string of the molecule is CC1(C)c2cc(F)cc(C(N)=O)c2C(=O)N1C1CCN(C2CCC2)CC1. The van der Waals surface area contributed by atoms with Crippen LogP contribution >= 0.6 is 0 Å². The lowest BCUT2D eigenvalue weighted by atomic mass is 9.87. The van der Waals surface area contributed by atoms with E-state index in [1.165, 1.54) is 25.3 Å². The van der Waals surface area contributed by atoms with Crippen molar-refractivity contribution in [3.05, 3.63) is 34.6 Å². The third-order valence-electron chi connectivity index (χ3n) is 6.52. The highest BCUT2D eigenvalue weighted by Crippen LogP contribution is 2.44. The molecule has 0 atom stereocenters. The maximum Gasteiger partial charge on any atom is 0.256 e. The highest BCUT2D eigenvalue weighted by Gasteiger charge is 2.48. The minimum atomic E-state index is -0.758. The van der Waals surface area contributed by atoms with Gasteiger partial charge in [-0.15, -0.1) is 0 Å². The molecule has 0 radical (unpaired) electrons. The molecule has 140 valence electrons. The van der Waals surface area contributed by atoms with Gasteiger partial charge in [0, 0.05) is 25.2 Å². The highest BCUT2D eigenvalue weighted by atomic mass is 19.1. The standard InChI is InChI=1S/C20H26FN3O2/c1-20(2)16-11-12(21)10-15(18(22)25)17(16)19(26)24(20)14-6-8-23(9-7-14)13-4-3-5-13/h10-11,13-14H,3-9H2,1-2H3,(H2,22,25). The van der Waals surface area contributed by atoms with Crippen molar-refractivity contribution in [2.45, 2.75) is 63.6 Å². The molecule has 6 heteroatoms. The van der Waals surface area contributed by atoms with Gasteiger partial charge in [0.15, 0.2) is 0 Å². The van der Waals surface area contributed by atoms with Crippen molar-refractivity contribution in [2.24, 2.45) is 5.73 Å². The van der Waals surface area contributed by atoms with Crippen molar-refractivity contribution < 1.29 is 14.0 Å². The van der Waals surface area contributed by atoms with E-state index in [9.17, 15) is 14.0 Å². The van der Waals surface area contributed by atoms with Gasteiger partial charge in [-0.05, 0) is 57.2 Å². The second-order valence-corrected chi connectivity index (χ2v) is 8.33. The molecule has 2 N–H and O–H groups in total. The number of carbonyl (C=O) groups excluding carboxylic acids is 2. The number of piperidine rings is 1. The molecule has 2 fully saturated rings. The first kappa shape index (κ1) is 17.5. The lowest BCUT2D eigenvalue weighted by Gasteiger charge is -2.46. The van der Waals surface area contributed by atoms with Crippen LogP contribution < -0.4 is 5.73 Å². The first-order chi connectivity index (χ1) is 12.3. The van der Waals surface area contributed by atoms with E-state index in [4.69, 9.17) is 5.73 Å². The Morgan fingerprint density at radius 3 is 2.35 bits per heavy atom. The van der Waals surface area contributed by atoms with E-state index >= 15 is 0 Å². The van der Waals surface area contributed by atoms with E-state index in [1.807, 2.05) is 18.7 Å². The molecule has 2 aliphatic heterocycles. The minimum absolute atomic E-state index is 0.00696. The second kappa shape index (κ2) is 6.05. The van der Waals surface area contributed by atoms with Gasteiger partial charge in [0.25, 0.3) is 5.91 Å². The summed E-state index contributed by atoms with van der Waals surface area (Å²) < 4.78 is 14.1. The van der Waals surface area contributed by atoms with Crippen LogP contribution in [0.2, 0.25) is 0 Å². The van der Waals surface area contributed by atoms with Crippen LogP contribution in [0, 0.1) is 5.82 Å². The van der Waals surface area contributed by atoms with Gasteiger partial charge in [0.1, 0.15) is 5.82 Å². The fraction of sp³-hybridized carbons (Fsp3) is 0.600. The van der Waals surface area contributed by atoms with Gasteiger partial charge in [0.05, 0.1) is 16.7 Å². The smallest absolute Gasteiger partial charge is 0.256 e. The van der Waals surface area contributed by atoms with Gasteiger partial charge in [-0.1, -0.05) is 6.42 Å². The first-order valence-electron chi connectivity index (χ1n) is 9.52. The van der Waals surface area contributed by atoms with Crippen LogP contribution in [0.4, 0.5) is 4.39 Å². The highest BCUT2D eigenvalue weighted by molar-refractivity contribution is 6.10. The van der Waals surface area contributed by atoms with Crippen LogP contribution in [0.5, 0.6) is 0 Å². The zero-order valence-corrected chi connectivity index (χ0v) is 15.4. The van der Waals surface area contributed by atoms with Gasteiger partial charge in [-0.25, -0.2) is 4.39 Å². The van der Waals surface area contributed by atoms with Gasteiger partial charge in [-0.3, -0.25) is 9.59 Å². The van der Waals surface area contributed by atoms with E-state index in [0.29, 0.717) is 11.6 Å². The third-order valence-corrected chi connectivity index (χ3v) is 6.52. The Labute approximate surface area is 153 Å². The Morgan fingerprint density at radius 2 is 1.81 bits per heavy atom. The quantitative estimate of drug-likeness (QED) is 0.902. The molecule has 0 spiro atoms. The number of primary amides is 1. The van der Waals surface area contributed by atoms with Crippen LogP contribution in [-0.4, -0.2) is 46.8 Å². The fourth-order valence-electron chi connectivity index (χ4n) is 4.90. The lowest BCUT2D eigenvalue weighted by Crippen LogP contribution is -2.53. The summed E-state index contributed by atoms with van der Waals surface area (Å²) in [5, 5.41) is 0. The molecule has 1 aromatic rings. The number of hydrogen-bond acceptors (Lipinski definition) is 3. The summed E-state index contributed by atoms with van der Waals surface area (Å²) >= 11 is 0. The monoisotopic (exact) mass is 359 g/mol. The number of nitrogens with zero attached hydrogens (tertiary/aromatic N) is 2. The molecule has 1 saturated heterocycles. The van der Waals surface area contributed by atoms with Gasteiger partial charge in [0.2, 0.25) is 5.91 Å². The maximum absolute atomic E-state index is 14.1. The number of likely N-dealkylation sites (tertiary alicyclic amines) is 1. The number of hydrogen-bond donors (Lipinski definition) is 1. The average Bonchev–Trinajstić information content (AvgIpc) is 2.72. The number of halogens is 1. The molecule has 2 heterocycles. The van der Waals surface area contributed by atoms with E-state index < -0.39 is 17.3 Å². The zero-order chi connectivity index (χ0) is 18.6. The van der Waals surface area contributed by atoms with E-state index in [2.05, 4.69) is 4.90 Å². The van der Waals surface area contributed by atoms with E-state index in [0.717, 1.165) is 32.0 Å². The predicted octanol–water partition coefficient (Wildman–Crippen LogP) is 2.63. The van der Waals surface area contributed by atoms with Crippen LogP contribution in [0.15, 0.2) is 12.1 Å². The molecule has 4 rings (SSSR count). The normalized spacial score (nSPS) is 23.8. The summed E-state index contributed by atoms with van der Waals surface area (Å²) in [4.78, 5) is 29.4. The molecule has 5 nitrogen and oxygen atoms in total. The third kappa shape index (κ3) is 2.54. The van der Waals surface area contributed by atoms with Crippen LogP contribution in [0.1, 0.15) is 72.2 Å². The number of nitrogens with two attached hydrogens (primary N) is 1. The number of rotatable bonds is 3. The van der Waals surface area contributed by atoms with Crippen molar-refractivity contribution >= 4 is 11.8 Å². The molecule has 26 heavy (non-hydrogen) atoms. The number of fused-ring (bicyclic) bond motifs is 1. The van der Waals surface area contributed by atoms with Gasteiger partial charge < -0.3 is 15.5 Å². The zero-order valence-electron chi connectivity index (χ0n) is 15.4. The molecule has 1 saturated carbocycles. The van der Waals surface area contributed by atoms with Crippen molar-refractivity contribution in [1.29, 1.82) is 0 Å². The molecule has 1 aliphatic carbocycles. The minimum Gasteiger partial charge on any atom is -0.366 e. The Kier molecular flexibility index (Phi) is 4.06. The van der Waals surface area contributed by atoms with E-state index in [-0.39, 0.29) is 23.1 Å². The summed E-state index contributed by atoms with van der Waals surface area (Å²) in [6.45, 7) is 5.84. The van der Waals surface area contributed by atoms with Crippen molar-refractivity contribution in [1.82, 2.24) is 9.80 Å². The Hall–Kier alpha value is -1.95. The molecule has 0 bridgehead atoms. The molecule has 1 aromatic carbocycles.